The summed E-state index contributed by atoms with van der Waals surface area (Å²) in [5, 5.41) is 3.03. The number of carbonyl (C=O) groups is 1. The van der Waals surface area contributed by atoms with E-state index in [0.717, 1.165) is 24.9 Å². The van der Waals surface area contributed by atoms with E-state index in [-0.39, 0.29) is 24.4 Å². The Balaban J connectivity index is 0.00000242. The highest BCUT2D eigenvalue weighted by Crippen LogP contribution is 2.37. The molecule has 0 radical (unpaired) electrons. The molecule has 0 bridgehead atoms. The Morgan fingerprint density at radius 3 is 2.68 bits per heavy atom. The second kappa shape index (κ2) is 8.86. The van der Waals surface area contributed by atoms with Gasteiger partial charge < -0.3 is 19.7 Å². The van der Waals surface area contributed by atoms with Crippen LogP contribution in [0, 0.1) is 0 Å². The molecule has 1 atom stereocenters. The average molecular weight is 329 g/mol. The summed E-state index contributed by atoms with van der Waals surface area (Å²) in [5.74, 6) is 1.64. The molecule has 0 spiro atoms. The Hall–Kier alpha value is -1.46. The molecule has 5 nitrogen and oxygen atoms in total. The van der Waals surface area contributed by atoms with E-state index in [1.54, 1.807) is 14.2 Å². The van der Waals surface area contributed by atoms with E-state index >= 15 is 0 Å². The first kappa shape index (κ1) is 18.6. The second-order valence-corrected chi connectivity index (χ2v) is 5.21. The lowest BCUT2D eigenvalue weighted by molar-refractivity contribution is -0.132. The molecule has 1 aromatic carbocycles. The molecule has 124 valence electrons. The molecule has 6 heteroatoms. The highest BCUT2D eigenvalue weighted by atomic mass is 35.5. The summed E-state index contributed by atoms with van der Waals surface area (Å²) in [5.41, 5.74) is 1.11. The predicted molar refractivity (Wildman–Crippen MR) is 89.0 cm³/mol. The zero-order valence-corrected chi connectivity index (χ0v) is 14.2. The number of nitrogens with one attached hydrogen (secondary N) is 1. The highest BCUT2D eigenvalue weighted by Gasteiger charge is 2.29. The van der Waals surface area contributed by atoms with E-state index in [4.69, 9.17) is 9.47 Å². The molecule has 1 unspecified atom stereocenters. The van der Waals surface area contributed by atoms with Crippen molar-refractivity contribution in [3.05, 3.63) is 23.8 Å². The van der Waals surface area contributed by atoms with Gasteiger partial charge in [-0.1, -0.05) is 6.07 Å². The van der Waals surface area contributed by atoms with Gasteiger partial charge in [-0.2, -0.15) is 0 Å². The third-order valence-corrected chi connectivity index (χ3v) is 3.95. The van der Waals surface area contributed by atoms with Crippen LogP contribution in [0.2, 0.25) is 0 Å². The maximum absolute atomic E-state index is 12.3. The van der Waals surface area contributed by atoms with Gasteiger partial charge in [0.05, 0.1) is 20.3 Å². The Kier molecular flexibility index (Phi) is 7.48. The van der Waals surface area contributed by atoms with Crippen LogP contribution < -0.4 is 14.8 Å². The van der Waals surface area contributed by atoms with Crippen LogP contribution in [0.15, 0.2) is 18.2 Å². The Bertz CT molecular complexity index is 496. The van der Waals surface area contributed by atoms with Crippen LogP contribution in [0.5, 0.6) is 11.5 Å². The number of carbonyl (C=O) groups excluding carboxylic acids is 1. The van der Waals surface area contributed by atoms with E-state index in [1.165, 1.54) is 0 Å². The molecule has 1 aromatic rings. The molecule has 1 aliphatic heterocycles. The molecular formula is C16H25ClN2O3. The van der Waals surface area contributed by atoms with Crippen molar-refractivity contribution in [1.82, 2.24) is 10.2 Å². The number of rotatable bonds is 6. The minimum atomic E-state index is 0. The quantitative estimate of drug-likeness (QED) is 0.871. The number of amides is 1. The van der Waals surface area contributed by atoms with Gasteiger partial charge in [0.2, 0.25) is 5.91 Å². The molecule has 1 amide bonds. The normalized spacial score (nSPS) is 17.0. The average Bonchev–Trinajstić information content (AvgIpc) is 3.01. The monoisotopic (exact) mass is 328 g/mol. The van der Waals surface area contributed by atoms with Crippen LogP contribution >= 0.6 is 12.4 Å². The summed E-state index contributed by atoms with van der Waals surface area (Å²) < 4.78 is 10.6. The van der Waals surface area contributed by atoms with E-state index in [1.807, 2.05) is 30.1 Å². The predicted octanol–water partition coefficient (Wildman–Crippen LogP) is 2.40. The lowest BCUT2D eigenvalue weighted by atomic mass is 10.0. The molecular weight excluding hydrogens is 304 g/mol. The summed E-state index contributed by atoms with van der Waals surface area (Å²) in [7, 11) is 5.12. The van der Waals surface area contributed by atoms with Crippen molar-refractivity contribution in [2.24, 2.45) is 0 Å². The van der Waals surface area contributed by atoms with Crippen LogP contribution in [0.25, 0.3) is 0 Å². The van der Waals surface area contributed by atoms with Crippen molar-refractivity contribution in [1.29, 1.82) is 0 Å². The van der Waals surface area contributed by atoms with Gasteiger partial charge in [-0.05, 0) is 37.6 Å². The lowest BCUT2D eigenvalue weighted by Gasteiger charge is -2.25. The molecule has 1 saturated heterocycles. The fourth-order valence-electron chi connectivity index (χ4n) is 2.85. The number of ether oxygens (including phenoxy) is 2. The van der Waals surface area contributed by atoms with Crippen molar-refractivity contribution < 1.29 is 14.3 Å². The smallest absolute Gasteiger partial charge is 0.224 e. The maximum atomic E-state index is 12.3. The number of nitrogens with zero attached hydrogens (tertiary/aromatic N) is 1. The van der Waals surface area contributed by atoms with Crippen molar-refractivity contribution in [3.8, 4) is 11.5 Å². The number of benzene rings is 1. The summed E-state index contributed by atoms with van der Waals surface area (Å²) in [4.78, 5) is 14.3. The SMILES string of the molecule is CNCCC(=O)N1CCCC1c1ccc(OC)c(OC)c1.Cl. The zero-order chi connectivity index (χ0) is 15.2. The molecule has 1 heterocycles. The molecule has 0 aliphatic carbocycles. The number of halogens is 1. The number of hydrogen-bond donors (Lipinski definition) is 1. The van der Waals surface area contributed by atoms with E-state index in [9.17, 15) is 4.79 Å². The summed E-state index contributed by atoms with van der Waals surface area (Å²) >= 11 is 0. The lowest BCUT2D eigenvalue weighted by Crippen LogP contribution is -2.32. The molecule has 22 heavy (non-hydrogen) atoms. The van der Waals surface area contributed by atoms with E-state index in [0.29, 0.717) is 24.5 Å². The van der Waals surface area contributed by atoms with Gasteiger partial charge in [0, 0.05) is 19.5 Å². The second-order valence-electron chi connectivity index (χ2n) is 5.21. The zero-order valence-electron chi connectivity index (χ0n) is 13.4. The van der Waals surface area contributed by atoms with Crippen LogP contribution in [0.4, 0.5) is 0 Å². The van der Waals surface area contributed by atoms with Gasteiger partial charge in [0.1, 0.15) is 0 Å². The minimum absolute atomic E-state index is 0. The topological polar surface area (TPSA) is 50.8 Å². The fraction of sp³-hybridized carbons (Fsp3) is 0.562. The van der Waals surface area contributed by atoms with E-state index in [2.05, 4.69) is 5.32 Å². The van der Waals surface area contributed by atoms with Gasteiger partial charge in [-0.25, -0.2) is 0 Å². The Morgan fingerprint density at radius 1 is 1.32 bits per heavy atom. The van der Waals surface area contributed by atoms with Crippen molar-refractivity contribution in [2.45, 2.75) is 25.3 Å². The molecule has 2 rings (SSSR count). The van der Waals surface area contributed by atoms with Crippen LogP contribution in [0.1, 0.15) is 30.9 Å². The standard InChI is InChI=1S/C16H24N2O3.ClH/c1-17-9-8-16(19)18-10-4-5-13(18)12-6-7-14(20-2)15(11-12)21-3;/h6-7,11,13,17H,4-5,8-10H2,1-3H3;1H. The Labute approximate surface area is 138 Å². The van der Waals surface area contributed by atoms with Gasteiger partial charge in [0.15, 0.2) is 11.5 Å². The van der Waals surface area contributed by atoms with E-state index < -0.39 is 0 Å². The molecule has 1 aliphatic rings. The minimum Gasteiger partial charge on any atom is -0.493 e. The van der Waals surface area contributed by atoms with Gasteiger partial charge in [-0.15, -0.1) is 12.4 Å². The van der Waals surface area contributed by atoms with Crippen LogP contribution in [-0.4, -0.2) is 45.2 Å². The molecule has 0 aromatic heterocycles. The molecule has 1 N–H and O–H groups in total. The highest BCUT2D eigenvalue weighted by molar-refractivity contribution is 5.85. The largest absolute Gasteiger partial charge is 0.493 e. The third kappa shape index (κ3) is 4.05. The third-order valence-electron chi connectivity index (χ3n) is 3.95. The van der Waals surface area contributed by atoms with Gasteiger partial charge in [0.25, 0.3) is 0 Å². The number of hydrogen-bond acceptors (Lipinski definition) is 4. The summed E-state index contributed by atoms with van der Waals surface area (Å²) in [6, 6.07) is 6.06. The van der Waals surface area contributed by atoms with Crippen molar-refractivity contribution >= 4 is 18.3 Å². The summed E-state index contributed by atoms with van der Waals surface area (Å²) in [6.45, 7) is 1.55. The Morgan fingerprint density at radius 2 is 2.05 bits per heavy atom. The van der Waals surface area contributed by atoms with Crippen molar-refractivity contribution in [2.75, 3.05) is 34.4 Å². The van der Waals surface area contributed by atoms with Crippen molar-refractivity contribution in [3.63, 3.8) is 0 Å². The first-order valence-corrected chi connectivity index (χ1v) is 7.37. The maximum Gasteiger partial charge on any atom is 0.224 e. The molecule has 0 saturated carbocycles. The van der Waals surface area contributed by atoms with Crippen LogP contribution in [-0.2, 0) is 4.79 Å². The summed E-state index contributed by atoms with van der Waals surface area (Å²) in [6.07, 6.45) is 2.59. The molecule has 1 fully saturated rings. The first-order valence-electron chi connectivity index (χ1n) is 7.37. The first-order chi connectivity index (χ1) is 10.2. The number of methoxy groups -OCH3 is 2. The van der Waals surface area contributed by atoms with Gasteiger partial charge >= 0.3 is 0 Å². The van der Waals surface area contributed by atoms with Gasteiger partial charge in [-0.3, -0.25) is 4.79 Å². The fourth-order valence-corrected chi connectivity index (χ4v) is 2.85. The van der Waals surface area contributed by atoms with Crippen LogP contribution in [0.3, 0.4) is 0 Å². The number of likely N-dealkylation sites (tertiary alicyclic amines) is 1.